The van der Waals surface area contributed by atoms with Crippen LogP contribution in [0, 0.1) is 0 Å². The lowest BCUT2D eigenvalue weighted by Gasteiger charge is -2.45. The van der Waals surface area contributed by atoms with E-state index in [0.29, 0.717) is 36.7 Å². The number of aromatic nitrogens is 2. The number of anilines is 1. The van der Waals surface area contributed by atoms with Crippen LogP contribution in [0.3, 0.4) is 0 Å². The van der Waals surface area contributed by atoms with Gasteiger partial charge in [0.1, 0.15) is 11.3 Å². The summed E-state index contributed by atoms with van der Waals surface area (Å²) in [5.41, 5.74) is 0.506. The van der Waals surface area contributed by atoms with Gasteiger partial charge in [-0.3, -0.25) is 0 Å². The Bertz CT molecular complexity index is 1050. The van der Waals surface area contributed by atoms with Gasteiger partial charge >= 0.3 is 0 Å². The number of nitrogens with zero attached hydrogens (tertiary/aromatic N) is 3. The summed E-state index contributed by atoms with van der Waals surface area (Å²) in [7, 11) is 1.60. The van der Waals surface area contributed by atoms with Crippen LogP contribution in [0.15, 0.2) is 48.7 Å². The molecule has 8 heteroatoms. The lowest BCUT2D eigenvalue weighted by atomic mass is 9.84. The van der Waals surface area contributed by atoms with E-state index in [1.807, 2.05) is 42.5 Å². The first-order chi connectivity index (χ1) is 15.0. The summed E-state index contributed by atoms with van der Waals surface area (Å²) in [6, 6.07) is 13.8. The predicted molar refractivity (Wildman–Crippen MR) is 125 cm³/mol. The van der Waals surface area contributed by atoms with Gasteiger partial charge in [-0.1, -0.05) is 53.5 Å². The van der Waals surface area contributed by atoms with Crippen molar-refractivity contribution in [2.45, 2.75) is 36.8 Å². The summed E-state index contributed by atoms with van der Waals surface area (Å²) in [5.74, 6) is 1.46. The molecule has 0 bridgehead atoms. The molecule has 1 aromatic heterocycles. The van der Waals surface area contributed by atoms with Gasteiger partial charge in [-0.25, -0.2) is 0 Å². The number of benzene rings is 2. The highest BCUT2D eigenvalue weighted by Gasteiger charge is 2.39. The van der Waals surface area contributed by atoms with Crippen molar-refractivity contribution in [2.75, 3.05) is 25.2 Å². The molecule has 1 saturated heterocycles. The lowest BCUT2D eigenvalue weighted by Crippen LogP contribution is -2.56. The number of hydrogen-bond acceptors (Lipinski definition) is 6. The largest absolute Gasteiger partial charge is 0.495 e. The van der Waals surface area contributed by atoms with Crippen molar-refractivity contribution in [3.05, 3.63) is 59.2 Å². The monoisotopic (exact) mass is 460 g/mol. The maximum Gasteiger partial charge on any atom is 0.160 e. The van der Waals surface area contributed by atoms with Crippen molar-refractivity contribution in [3.8, 4) is 5.75 Å². The zero-order chi connectivity index (χ0) is 21.8. The first-order valence-electron chi connectivity index (χ1n) is 10.3. The number of aliphatic hydroxyl groups is 1. The van der Waals surface area contributed by atoms with Crippen LogP contribution in [-0.4, -0.2) is 46.6 Å². The number of fused-ring (bicyclic) bond motifs is 1. The molecule has 2 heterocycles. The number of nitrogens with one attached hydrogen (secondary N) is 1. The quantitative estimate of drug-likeness (QED) is 0.402. The number of rotatable bonds is 7. The van der Waals surface area contributed by atoms with Crippen molar-refractivity contribution in [2.24, 2.45) is 0 Å². The number of aliphatic hydroxyl groups excluding tert-OH is 1. The van der Waals surface area contributed by atoms with Crippen molar-refractivity contribution < 1.29 is 9.84 Å². The first kappa shape index (κ1) is 22.1. The molecule has 0 amide bonds. The first-order valence-corrected chi connectivity index (χ1v) is 11.2. The highest BCUT2D eigenvalue weighted by atomic mass is 35.5. The molecule has 2 aromatic carbocycles. The third-order valence-electron chi connectivity index (χ3n) is 6.03. The Morgan fingerprint density at radius 3 is 2.87 bits per heavy atom. The van der Waals surface area contributed by atoms with Gasteiger partial charge in [0, 0.05) is 42.4 Å². The summed E-state index contributed by atoms with van der Waals surface area (Å²) < 4.78 is 5.23. The third kappa shape index (κ3) is 4.72. The van der Waals surface area contributed by atoms with Crippen LogP contribution >= 0.6 is 23.2 Å². The molecule has 2 unspecified atom stereocenters. The van der Waals surface area contributed by atoms with Gasteiger partial charge in [-0.05, 0) is 30.5 Å². The second kappa shape index (κ2) is 9.57. The zero-order valence-electron chi connectivity index (χ0n) is 17.4. The van der Waals surface area contributed by atoms with E-state index in [1.54, 1.807) is 13.3 Å². The van der Waals surface area contributed by atoms with E-state index < -0.39 is 0 Å². The third-order valence-corrected chi connectivity index (χ3v) is 6.71. The maximum atomic E-state index is 9.75. The number of halogens is 2. The Hall–Kier alpha value is -2.12. The van der Waals surface area contributed by atoms with Gasteiger partial charge in [0.15, 0.2) is 5.82 Å². The Labute approximate surface area is 192 Å². The number of piperidine rings is 1. The van der Waals surface area contributed by atoms with E-state index >= 15 is 0 Å². The molecular formula is C23H26Cl2N4O2. The minimum absolute atomic E-state index is 0.0913. The fraction of sp³-hybridized carbons (Fsp3) is 0.391. The molecule has 4 rings (SSSR count). The fourth-order valence-electron chi connectivity index (χ4n) is 4.27. The van der Waals surface area contributed by atoms with E-state index in [-0.39, 0.29) is 17.6 Å². The zero-order valence-corrected chi connectivity index (χ0v) is 18.9. The van der Waals surface area contributed by atoms with Crippen LogP contribution in [0.2, 0.25) is 5.02 Å². The minimum Gasteiger partial charge on any atom is -0.495 e. The summed E-state index contributed by atoms with van der Waals surface area (Å²) in [5, 5.41) is 24.6. The van der Waals surface area contributed by atoms with Crippen LogP contribution in [0.4, 0.5) is 5.82 Å². The van der Waals surface area contributed by atoms with Crippen LogP contribution in [0.1, 0.15) is 24.8 Å². The molecule has 0 saturated carbocycles. The number of hydrogen-bond donors (Lipinski definition) is 2. The molecular weight excluding hydrogens is 435 g/mol. The van der Waals surface area contributed by atoms with Crippen LogP contribution in [-0.2, 0) is 6.54 Å². The Kier molecular flexibility index (Phi) is 6.82. The molecule has 1 aliphatic heterocycles. The number of alkyl halides is 1. The molecule has 2 atom stereocenters. The van der Waals surface area contributed by atoms with Gasteiger partial charge in [-0.15, -0.1) is 5.10 Å². The van der Waals surface area contributed by atoms with Gasteiger partial charge in [0.05, 0.1) is 18.3 Å². The molecule has 0 radical (unpaired) electrons. The fourth-order valence-corrected chi connectivity index (χ4v) is 5.04. The second-order valence-corrected chi connectivity index (χ2v) is 8.82. The van der Waals surface area contributed by atoms with E-state index in [2.05, 4.69) is 20.4 Å². The van der Waals surface area contributed by atoms with E-state index in [4.69, 9.17) is 27.9 Å². The van der Waals surface area contributed by atoms with E-state index in [9.17, 15) is 5.11 Å². The molecule has 164 valence electrons. The smallest absolute Gasteiger partial charge is 0.160 e. The van der Waals surface area contributed by atoms with E-state index in [1.165, 1.54) is 0 Å². The molecule has 2 N–H and O–H groups in total. The topological polar surface area (TPSA) is 70.5 Å². The molecule has 1 fully saturated rings. The molecule has 31 heavy (non-hydrogen) atoms. The lowest BCUT2D eigenvalue weighted by molar-refractivity contribution is 0.173. The average molecular weight is 461 g/mol. The van der Waals surface area contributed by atoms with Crippen molar-refractivity contribution in [1.82, 2.24) is 15.5 Å². The van der Waals surface area contributed by atoms with Gasteiger partial charge in [0.2, 0.25) is 0 Å². The highest BCUT2D eigenvalue weighted by molar-refractivity contribution is 6.32. The second-order valence-electron chi connectivity index (χ2n) is 7.91. The van der Waals surface area contributed by atoms with Crippen LogP contribution in [0.5, 0.6) is 5.75 Å². The van der Waals surface area contributed by atoms with Gasteiger partial charge < -0.3 is 20.1 Å². The predicted octanol–water partition coefficient (Wildman–Crippen LogP) is 4.37. The Morgan fingerprint density at radius 2 is 2.13 bits per heavy atom. The Balaban J connectivity index is 1.51. The van der Waals surface area contributed by atoms with E-state index in [0.717, 1.165) is 28.6 Å². The van der Waals surface area contributed by atoms with Gasteiger partial charge in [-0.2, -0.15) is 5.10 Å². The van der Waals surface area contributed by atoms with Crippen LogP contribution in [0.25, 0.3) is 10.8 Å². The highest BCUT2D eigenvalue weighted by Crippen LogP contribution is 2.36. The van der Waals surface area contributed by atoms with Gasteiger partial charge in [0.25, 0.3) is 0 Å². The number of ether oxygens (including phenoxy) is 1. The SMILES string of the molecule is COc1ccc(CNC2(CCO)CCN(c3nncc4ccccc34)C(Cl)C2)cc1Cl. The average Bonchev–Trinajstić information content (AvgIpc) is 2.78. The van der Waals surface area contributed by atoms with Crippen LogP contribution < -0.4 is 15.0 Å². The molecule has 6 nitrogen and oxygen atoms in total. The number of methoxy groups -OCH3 is 1. The Morgan fingerprint density at radius 1 is 1.29 bits per heavy atom. The molecule has 0 aliphatic carbocycles. The molecule has 0 spiro atoms. The standard InChI is InChI=1S/C23H26Cl2N4O2/c1-31-20-7-6-16(12-19(20)24)14-26-23(9-11-30)8-10-29(21(25)13-23)22-18-5-3-2-4-17(18)15-27-28-22/h2-7,12,15,21,26,30H,8-11,13-14H2,1H3. The summed E-state index contributed by atoms with van der Waals surface area (Å²) in [6.45, 7) is 1.43. The summed E-state index contributed by atoms with van der Waals surface area (Å²) in [4.78, 5) is 2.11. The van der Waals surface area contributed by atoms with Crippen molar-refractivity contribution >= 4 is 39.8 Å². The normalized spacial score (nSPS) is 21.4. The summed E-state index contributed by atoms with van der Waals surface area (Å²) >= 11 is 13.2. The van der Waals surface area contributed by atoms with Crippen molar-refractivity contribution in [1.29, 1.82) is 0 Å². The summed E-state index contributed by atoms with van der Waals surface area (Å²) in [6.07, 6.45) is 3.88. The molecule has 1 aliphatic rings. The maximum absolute atomic E-state index is 9.75. The van der Waals surface area contributed by atoms with Crippen molar-refractivity contribution in [3.63, 3.8) is 0 Å². The molecule has 3 aromatic rings. The minimum atomic E-state index is -0.276.